The molecule has 0 N–H and O–H groups in total. The first kappa shape index (κ1) is 16.8. The molecule has 0 saturated carbocycles. The monoisotopic (exact) mass is 306 g/mol. The zero-order chi connectivity index (χ0) is 16.5. The van der Waals surface area contributed by atoms with Gasteiger partial charge in [0.2, 0.25) is 0 Å². The molecule has 2 rings (SSSR count). The van der Waals surface area contributed by atoms with Crippen molar-refractivity contribution >= 4 is 13.1 Å². The van der Waals surface area contributed by atoms with Crippen molar-refractivity contribution in [3.05, 3.63) is 29.3 Å². The second-order valence-corrected chi connectivity index (χ2v) is 6.41. The van der Waals surface area contributed by atoms with Crippen LogP contribution >= 0.6 is 0 Å². The van der Waals surface area contributed by atoms with Crippen molar-refractivity contribution in [2.45, 2.75) is 45.2 Å². The lowest BCUT2D eigenvalue weighted by molar-refractivity contribution is 0.00578. The second-order valence-electron chi connectivity index (χ2n) is 6.41. The molecule has 1 aliphatic rings. The lowest BCUT2D eigenvalue weighted by Gasteiger charge is -2.32. The Kier molecular flexibility index (Phi) is 4.54. The first-order chi connectivity index (χ1) is 10.2. The van der Waals surface area contributed by atoms with E-state index in [1.807, 2.05) is 33.8 Å². The number of hydrogen-bond acceptors (Lipinski definition) is 5. The highest BCUT2D eigenvalue weighted by atomic mass is 16.7. The molecule has 0 aromatic heterocycles. The standard InChI is InChI=1S/C16H23BO5/c1-15(2)16(3,4)22-17(21-15)10-12-8-7-11(14(18)20-6)9-13(12)19-5/h7-9H,10H2,1-6H3. The third-order valence-electron chi connectivity index (χ3n) is 4.40. The van der Waals surface area contributed by atoms with E-state index in [2.05, 4.69) is 0 Å². The predicted molar refractivity (Wildman–Crippen MR) is 84.1 cm³/mol. The molecular formula is C16H23BO5. The molecule has 1 fully saturated rings. The van der Waals surface area contributed by atoms with Crippen molar-refractivity contribution in [2.75, 3.05) is 14.2 Å². The SMILES string of the molecule is COC(=O)c1ccc(CB2OC(C)(C)C(C)(C)O2)c(OC)c1. The maximum atomic E-state index is 11.6. The molecule has 6 heteroatoms. The number of esters is 1. The molecule has 1 aliphatic heterocycles. The van der Waals surface area contributed by atoms with Crippen LogP contribution in [0.3, 0.4) is 0 Å². The highest BCUT2D eigenvalue weighted by Crippen LogP contribution is 2.38. The number of hydrogen-bond donors (Lipinski definition) is 0. The quantitative estimate of drug-likeness (QED) is 0.632. The molecule has 0 spiro atoms. The molecule has 1 aromatic carbocycles. The van der Waals surface area contributed by atoms with E-state index in [1.54, 1.807) is 19.2 Å². The second kappa shape index (κ2) is 5.93. The number of methoxy groups -OCH3 is 2. The Morgan fingerprint density at radius 2 is 1.73 bits per heavy atom. The van der Waals surface area contributed by atoms with Crippen LogP contribution in [0.15, 0.2) is 18.2 Å². The third kappa shape index (κ3) is 3.13. The van der Waals surface area contributed by atoms with Gasteiger partial charge in [-0.15, -0.1) is 0 Å². The van der Waals surface area contributed by atoms with Crippen LogP contribution in [0.2, 0.25) is 0 Å². The summed E-state index contributed by atoms with van der Waals surface area (Å²) in [4.78, 5) is 11.6. The van der Waals surface area contributed by atoms with Crippen LogP contribution in [-0.4, -0.2) is 38.5 Å². The summed E-state index contributed by atoms with van der Waals surface area (Å²) in [6, 6.07) is 5.23. The Labute approximate surface area is 132 Å². The Balaban J connectivity index is 2.19. The van der Waals surface area contributed by atoms with Crippen LogP contribution in [-0.2, 0) is 20.4 Å². The molecule has 0 unspecified atom stereocenters. The summed E-state index contributed by atoms with van der Waals surface area (Å²) in [5.74, 6) is 0.234. The third-order valence-corrected chi connectivity index (χ3v) is 4.40. The maximum absolute atomic E-state index is 11.6. The van der Waals surface area contributed by atoms with E-state index < -0.39 is 0 Å². The number of rotatable bonds is 4. The molecule has 0 aliphatic carbocycles. The van der Waals surface area contributed by atoms with Gasteiger partial charge in [-0.25, -0.2) is 4.79 Å². The molecule has 0 amide bonds. The van der Waals surface area contributed by atoms with Crippen molar-refractivity contribution in [1.82, 2.24) is 0 Å². The summed E-state index contributed by atoms with van der Waals surface area (Å²) in [5, 5.41) is 0. The highest BCUT2D eigenvalue weighted by Gasteiger charge is 2.50. The number of benzene rings is 1. The van der Waals surface area contributed by atoms with Gasteiger partial charge in [0.15, 0.2) is 0 Å². The minimum absolute atomic E-state index is 0.345. The molecular weight excluding hydrogens is 283 g/mol. The molecule has 22 heavy (non-hydrogen) atoms. The van der Waals surface area contributed by atoms with Crippen molar-refractivity contribution < 1.29 is 23.6 Å². The fraction of sp³-hybridized carbons (Fsp3) is 0.562. The average molecular weight is 306 g/mol. The lowest BCUT2D eigenvalue weighted by atomic mass is 9.80. The summed E-state index contributed by atoms with van der Waals surface area (Å²) < 4.78 is 22.1. The number of ether oxygens (including phenoxy) is 2. The molecule has 0 radical (unpaired) electrons. The fourth-order valence-corrected chi connectivity index (χ4v) is 2.39. The Morgan fingerprint density at radius 1 is 1.14 bits per heavy atom. The van der Waals surface area contributed by atoms with Gasteiger partial charge in [0.25, 0.3) is 0 Å². The van der Waals surface area contributed by atoms with Crippen LogP contribution in [0.25, 0.3) is 0 Å². The van der Waals surface area contributed by atoms with Gasteiger partial charge in [-0.1, -0.05) is 6.07 Å². The van der Waals surface area contributed by atoms with Crippen LogP contribution in [0.1, 0.15) is 43.6 Å². The van der Waals surface area contributed by atoms with Crippen molar-refractivity contribution in [3.8, 4) is 5.75 Å². The molecule has 0 atom stereocenters. The van der Waals surface area contributed by atoms with Gasteiger partial charge >= 0.3 is 13.1 Å². The number of carbonyl (C=O) groups excluding carboxylic acids is 1. The minimum Gasteiger partial charge on any atom is -0.496 e. The molecule has 1 aromatic rings. The van der Waals surface area contributed by atoms with E-state index >= 15 is 0 Å². The summed E-state index contributed by atoms with van der Waals surface area (Å²) in [6.07, 6.45) is 0.553. The molecule has 1 heterocycles. The molecule has 0 bridgehead atoms. The minimum atomic E-state index is -0.388. The van der Waals surface area contributed by atoms with E-state index in [9.17, 15) is 4.79 Å². The van der Waals surface area contributed by atoms with Gasteiger partial charge in [0.05, 0.1) is 31.0 Å². The van der Waals surface area contributed by atoms with Crippen molar-refractivity contribution in [1.29, 1.82) is 0 Å². The Hall–Kier alpha value is -1.53. The largest absolute Gasteiger partial charge is 0.496 e. The lowest BCUT2D eigenvalue weighted by Crippen LogP contribution is -2.41. The zero-order valence-electron chi connectivity index (χ0n) is 14.1. The maximum Gasteiger partial charge on any atom is 0.462 e. The van der Waals surface area contributed by atoms with Crippen LogP contribution in [0.4, 0.5) is 0 Å². The van der Waals surface area contributed by atoms with Crippen molar-refractivity contribution in [3.63, 3.8) is 0 Å². The van der Waals surface area contributed by atoms with E-state index in [1.165, 1.54) is 7.11 Å². The average Bonchev–Trinajstić information content (AvgIpc) is 2.65. The first-order valence-electron chi connectivity index (χ1n) is 7.31. The predicted octanol–water partition coefficient (Wildman–Crippen LogP) is 2.66. The number of carbonyl (C=O) groups is 1. The summed E-state index contributed by atoms with van der Waals surface area (Å²) in [7, 11) is 2.58. The smallest absolute Gasteiger partial charge is 0.462 e. The molecule has 120 valence electrons. The van der Waals surface area contributed by atoms with Crippen molar-refractivity contribution in [2.24, 2.45) is 0 Å². The summed E-state index contributed by atoms with van der Waals surface area (Å²) in [5.41, 5.74) is 0.652. The van der Waals surface area contributed by atoms with E-state index in [0.717, 1.165) is 5.56 Å². The Morgan fingerprint density at radius 3 is 2.23 bits per heavy atom. The Bertz CT molecular complexity index is 552. The van der Waals surface area contributed by atoms with Gasteiger partial charge in [-0.05, 0) is 45.4 Å². The van der Waals surface area contributed by atoms with Gasteiger partial charge < -0.3 is 18.8 Å². The van der Waals surface area contributed by atoms with E-state index in [4.69, 9.17) is 18.8 Å². The van der Waals surface area contributed by atoms with Gasteiger partial charge in [0, 0.05) is 6.32 Å². The first-order valence-corrected chi connectivity index (χ1v) is 7.31. The fourth-order valence-electron chi connectivity index (χ4n) is 2.39. The van der Waals surface area contributed by atoms with Crippen LogP contribution in [0.5, 0.6) is 5.75 Å². The summed E-state index contributed by atoms with van der Waals surface area (Å²) in [6.45, 7) is 8.07. The van der Waals surface area contributed by atoms with E-state index in [0.29, 0.717) is 17.6 Å². The normalized spacial score (nSPS) is 19.1. The highest BCUT2D eigenvalue weighted by molar-refractivity contribution is 6.45. The van der Waals surface area contributed by atoms with Gasteiger partial charge in [-0.3, -0.25) is 0 Å². The van der Waals surface area contributed by atoms with Gasteiger partial charge in [0.1, 0.15) is 5.75 Å². The van der Waals surface area contributed by atoms with Crippen LogP contribution < -0.4 is 4.74 Å². The topological polar surface area (TPSA) is 54.0 Å². The molecule has 1 saturated heterocycles. The van der Waals surface area contributed by atoms with E-state index in [-0.39, 0.29) is 24.3 Å². The van der Waals surface area contributed by atoms with Gasteiger partial charge in [-0.2, -0.15) is 0 Å². The zero-order valence-corrected chi connectivity index (χ0v) is 14.1. The molecule has 5 nitrogen and oxygen atoms in total. The summed E-state index contributed by atoms with van der Waals surface area (Å²) >= 11 is 0. The van der Waals surface area contributed by atoms with Crippen LogP contribution in [0, 0.1) is 0 Å².